The third kappa shape index (κ3) is 3.06. The Balaban J connectivity index is 1.73. The van der Waals surface area contributed by atoms with Crippen LogP contribution in [0.1, 0.15) is 21.5 Å². The van der Waals surface area contributed by atoms with Gasteiger partial charge in [-0.2, -0.15) is 0 Å². The van der Waals surface area contributed by atoms with Gasteiger partial charge >= 0.3 is 0 Å². The summed E-state index contributed by atoms with van der Waals surface area (Å²) in [7, 11) is 1.80. The molecule has 114 valence electrons. The number of carbonyl (C=O) groups excluding carboxylic acids is 1. The first kappa shape index (κ1) is 14.4. The summed E-state index contributed by atoms with van der Waals surface area (Å²) < 4.78 is 11.0. The molecule has 2 aromatic carbocycles. The highest BCUT2D eigenvalue weighted by atomic mass is 16.6. The highest BCUT2D eigenvalue weighted by Gasteiger charge is 2.17. The van der Waals surface area contributed by atoms with Crippen molar-refractivity contribution in [3.8, 4) is 11.5 Å². The molecule has 0 radical (unpaired) electrons. The molecule has 0 aromatic heterocycles. The number of hydrogen-bond donors (Lipinski definition) is 0. The predicted octanol–water partition coefficient (Wildman–Crippen LogP) is 3.04. The summed E-state index contributed by atoms with van der Waals surface area (Å²) in [6.45, 7) is 3.69. The van der Waals surface area contributed by atoms with Crippen molar-refractivity contribution in [2.45, 2.75) is 13.5 Å². The second-order valence-electron chi connectivity index (χ2n) is 5.51. The molecule has 1 aliphatic heterocycles. The van der Waals surface area contributed by atoms with Crippen molar-refractivity contribution < 1.29 is 14.3 Å². The molecule has 1 amide bonds. The Morgan fingerprint density at radius 2 is 1.73 bits per heavy atom. The molecule has 4 heteroatoms. The summed E-state index contributed by atoms with van der Waals surface area (Å²) in [5.41, 5.74) is 2.93. The minimum atomic E-state index is -0.0300. The maximum atomic E-state index is 12.5. The normalized spacial score (nSPS) is 12.8. The SMILES string of the molecule is Cc1ccc(CN(C)C(=O)c2ccc3c(c2)OCCO3)cc1. The number of nitrogens with zero attached hydrogens (tertiary/aromatic N) is 1. The molecule has 0 saturated heterocycles. The lowest BCUT2D eigenvalue weighted by atomic mass is 10.1. The van der Waals surface area contributed by atoms with E-state index in [4.69, 9.17) is 9.47 Å². The van der Waals surface area contributed by atoms with E-state index in [1.54, 1.807) is 30.1 Å². The largest absolute Gasteiger partial charge is 0.486 e. The molecule has 3 rings (SSSR count). The lowest BCUT2D eigenvalue weighted by molar-refractivity contribution is 0.0784. The van der Waals surface area contributed by atoms with Crippen LogP contribution >= 0.6 is 0 Å². The number of ether oxygens (including phenoxy) is 2. The van der Waals surface area contributed by atoms with E-state index in [2.05, 4.69) is 12.1 Å². The third-order valence-electron chi connectivity index (χ3n) is 3.68. The van der Waals surface area contributed by atoms with Crippen LogP contribution in [0.3, 0.4) is 0 Å². The summed E-state index contributed by atoms with van der Waals surface area (Å²) in [6.07, 6.45) is 0. The van der Waals surface area contributed by atoms with Crippen LogP contribution < -0.4 is 9.47 Å². The van der Waals surface area contributed by atoms with Crippen molar-refractivity contribution in [3.63, 3.8) is 0 Å². The zero-order chi connectivity index (χ0) is 15.5. The average molecular weight is 297 g/mol. The summed E-state index contributed by atoms with van der Waals surface area (Å²) in [5.74, 6) is 1.31. The minimum Gasteiger partial charge on any atom is -0.486 e. The van der Waals surface area contributed by atoms with E-state index in [1.165, 1.54) is 5.56 Å². The van der Waals surface area contributed by atoms with Gasteiger partial charge < -0.3 is 14.4 Å². The molecule has 22 heavy (non-hydrogen) atoms. The van der Waals surface area contributed by atoms with E-state index >= 15 is 0 Å². The van der Waals surface area contributed by atoms with E-state index in [9.17, 15) is 4.79 Å². The topological polar surface area (TPSA) is 38.8 Å². The number of benzene rings is 2. The van der Waals surface area contributed by atoms with E-state index in [1.807, 2.05) is 19.1 Å². The average Bonchev–Trinajstić information content (AvgIpc) is 2.55. The van der Waals surface area contributed by atoms with Crippen LogP contribution in [0.5, 0.6) is 11.5 Å². The smallest absolute Gasteiger partial charge is 0.254 e. The zero-order valence-corrected chi connectivity index (χ0v) is 12.8. The second-order valence-corrected chi connectivity index (χ2v) is 5.51. The number of carbonyl (C=O) groups is 1. The van der Waals surface area contributed by atoms with Crippen LogP contribution in [0.4, 0.5) is 0 Å². The van der Waals surface area contributed by atoms with Gasteiger partial charge in [0.05, 0.1) is 0 Å². The third-order valence-corrected chi connectivity index (χ3v) is 3.68. The maximum Gasteiger partial charge on any atom is 0.254 e. The van der Waals surface area contributed by atoms with Crippen molar-refractivity contribution in [3.05, 3.63) is 59.2 Å². The number of amides is 1. The van der Waals surface area contributed by atoms with Gasteiger partial charge in [-0.25, -0.2) is 0 Å². The Bertz CT molecular complexity index is 679. The molecule has 0 saturated carbocycles. The molecule has 4 nitrogen and oxygen atoms in total. The number of aryl methyl sites for hydroxylation is 1. The van der Waals surface area contributed by atoms with E-state index < -0.39 is 0 Å². The van der Waals surface area contributed by atoms with Gasteiger partial charge in [-0.3, -0.25) is 4.79 Å². The summed E-state index contributed by atoms with van der Waals surface area (Å²) in [4.78, 5) is 14.2. The lowest BCUT2D eigenvalue weighted by Crippen LogP contribution is -2.26. The fourth-order valence-electron chi connectivity index (χ4n) is 2.44. The Kier molecular flexibility index (Phi) is 4.00. The van der Waals surface area contributed by atoms with E-state index in [0.717, 1.165) is 5.56 Å². The molecule has 0 spiro atoms. The van der Waals surface area contributed by atoms with Crippen molar-refractivity contribution >= 4 is 5.91 Å². The standard InChI is InChI=1S/C18H19NO3/c1-13-3-5-14(6-4-13)12-19(2)18(20)15-7-8-16-17(11-15)22-10-9-21-16/h3-8,11H,9-10,12H2,1-2H3. The highest BCUT2D eigenvalue weighted by molar-refractivity contribution is 5.94. The molecule has 0 bridgehead atoms. The van der Waals surface area contributed by atoms with Crippen molar-refractivity contribution in [1.82, 2.24) is 4.90 Å². The van der Waals surface area contributed by atoms with Gasteiger partial charge in [0.1, 0.15) is 13.2 Å². The second kappa shape index (κ2) is 6.10. The van der Waals surface area contributed by atoms with E-state index in [0.29, 0.717) is 36.8 Å². The van der Waals surface area contributed by atoms with Gasteiger partial charge in [-0.15, -0.1) is 0 Å². The van der Waals surface area contributed by atoms with Gasteiger partial charge in [-0.1, -0.05) is 29.8 Å². The molecule has 0 aliphatic carbocycles. The first-order valence-corrected chi connectivity index (χ1v) is 7.34. The summed E-state index contributed by atoms with van der Waals surface area (Å²) in [6, 6.07) is 13.5. The van der Waals surface area contributed by atoms with Crippen LogP contribution in [0.2, 0.25) is 0 Å². The molecule has 0 unspecified atom stereocenters. The lowest BCUT2D eigenvalue weighted by Gasteiger charge is -2.21. The van der Waals surface area contributed by atoms with Gasteiger partial charge in [-0.05, 0) is 30.7 Å². The molecular formula is C18H19NO3. The molecule has 0 N–H and O–H groups in total. The van der Waals surface area contributed by atoms with E-state index in [-0.39, 0.29) is 5.91 Å². The predicted molar refractivity (Wildman–Crippen MR) is 84.4 cm³/mol. The quantitative estimate of drug-likeness (QED) is 0.874. The van der Waals surface area contributed by atoms with Gasteiger partial charge in [0.15, 0.2) is 11.5 Å². The minimum absolute atomic E-state index is 0.0300. The molecule has 2 aromatic rings. The van der Waals surface area contributed by atoms with Crippen LogP contribution in [-0.4, -0.2) is 31.1 Å². The van der Waals surface area contributed by atoms with Crippen molar-refractivity contribution in [2.75, 3.05) is 20.3 Å². The highest BCUT2D eigenvalue weighted by Crippen LogP contribution is 2.31. The molecule has 1 heterocycles. The molecular weight excluding hydrogens is 278 g/mol. The zero-order valence-electron chi connectivity index (χ0n) is 12.8. The molecule has 0 fully saturated rings. The fourth-order valence-corrected chi connectivity index (χ4v) is 2.44. The van der Waals surface area contributed by atoms with Crippen LogP contribution in [0, 0.1) is 6.92 Å². The first-order chi connectivity index (χ1) is 10.6. The first-order valence-electron chi connectivity index (χ1n) is 7.34. The van der Waals surface area contributed by atoms with Crippen LogP contribution in [0.15, 0.2) is 42.5 Å². The Labute approximate surface area is 130 Å². The number of rotatable bonds is 3. The molecule has 0 atom stereocenters. The molecule has 1 aliphatic rings. The Morgan fingerprint density at radius 1 is 1.05 bits per heavy atom. The Morgan fingerprint density at radius 3 is 2.45 bits per heavy atom. The summed E-state index contributed by atoms with van der Waals surface area (Å²) >= 11 is 0. The van der Waals surface area contributed by atoms with Crippen molar-refractivity contribution in [2.24, 2.45) is 0 Å². The van der Waals surface area contributed by atoms with Gasteiger partial charge in [0, 0.05) is 19.2 Å². The number of hydrogen-bond acceptors (Lipinski definition) is 3. The summed E-state index contributed by atoms with van der Waals surface area (Å²) in [5, 5.41) is 0. The maximum absolute atomic E-state index is 12.5. The number of fused-ring (bicyclic) bond motifs is 1. The van der Waals surface area contributed by atoms with Gasteiger partial charge in [0.2, 0.25) is 0 Å². The van der Waals surface area contributed by atoms with Crippen LogP contribution in [-0.2, 0) is 6.54 Å². The van der Waals surface area contributed by atoms with Crippen LogP contribution in [0.25, 0.3) is 0 Å². The Hall–Kier alpha value is -2.49. The van der Waals surface area contributed by atoms with Gasteiger partial charge in [0.25, 0.3) is 5.91 Å². The monoisotopic (exact) mass is 297 g/mol. The van der Waals surface area contributed by atoms with Crippen molar-refractivity contribution in [1.29, 1.82) is 0 Å². The fraction of sp³-hybridized carbons (Fsp3) is 0.278.